The van der Waals surface area contributed by atoms with Gasteiger partial charge in [0.25, 0.3) is 5.69 Å². The van der Waals surface area contributed by atoms with Crippen LogP contribution in [-0.4, -0.2) is 30.0 Å². The number of nitrogens with one attached hydrogen (secondary N) is 1. The number of nitro groups is 1. The van der Waals surface area contributed by atoms with Gasteiger partial charge in [-0.05, 0) is 36.4 Å². The fraction of sp³-hybridized carbons (Fsp3) is 0.158. The Kier molecular flexibility index (Phi) is 7.19. The van der Waals surface area contributed by atoms with Crippen LogP contribution in [0, 0.1) is 10.1 Å². The summed E-state index contributed by atoms with van der Waals surface area (Å²) in [5.41, 5.74) is -0.198. The first kappa shape index (κ1) is 21.9. The number of carbonyl (C=O) groups excluding carboxylic acids is 1. The zero-order valence-corrected chi connectivity index (χ0v) is 18.0. The van der Waals surface area contributed by atoms with Gasteiger partial charge in [-0.3, -0.25) is 14.9 Å². The topological polar surface area (TPSA) is 119 Å². The standard InChI is InChI=1S/C19H17N3O5S3/c23-17(7-4-12-28-15-5-2-1-3-6-15)21-19-20-13-18(29-19)30(26,27)16-10-8-14(9-11-16)22(24)25/h1-3,5-6,8-11,13H,4,7,12H2,(H,20,21,23). The molecule has 30 heavy (non-hydrogen) atoms. The summed E-state index contributed by atoms with van der Waals surface area (Å²) in [4.78, 5) is 27.2. The second-order valence-corrected chi connectivity index (χ2v) is 10.4. The largest absolute Gasteiger partial charge is 0.302 e. The van der Waals surface area contributed by atoms with Gasteiger partial charge in [0.05, 0.1) is 16.0 Å². The van der Waals surface area contributed by atoms with E-state index in [1.54, 1.807) is 11.8 Å². The fourth-order valence-electron chi connectivity index (χ4n) is 2.43. The first-order valence-corrected chi connectivity index (χ1v) is 12.1. The summed E-state index contributed by atoms with van der Waals surface area (Å²) in [6, 6.07) is 14.5. The van der Waals surface area contributed by atoms with E-state index in [4.69, 9.17) is 0 Å². The van der Waals surface area contributed by atoms with E-state index in [0.29, 0.717) is 12.8 Å². The Morgan fingerprint density at radius 2 is 1.83 bits per heavy atom. The number of nitrogens with zero attached hydrogens (tertiary/aromatic N) is 2. The van der Waals surface area contributed by atoms with Gasteiger partial charge < -0.3 is 5.32 Å². The molecule has 11 heteroatoms. The van der Waals surface area contributed by atoms with Crippen LogP contribution in [0.4, 0.5) is 10.8 Å². The van der Waals surface area contributed by atoms with Crippen molar-refractivity contribution in [2.45, 2.75) is 26.8 Å². The number of benzene rings is 2. The molecule has 1 heterocycles. The Morgan fingerprint density at radius 1 is 1.13 bits per heavy atom. The van der Waals surface area contributed by atoms with E-state index < -0.39 is 14.8 Å². The van der Waals surface area contributed by atoms with Crippen molar-refractivity contribution in [3.05, 3.63) is 70.9 Å². The lowest BCUT2D eigenvalue weighted by Crippen LogP contribution is -2.11. The van der Waals surface area contributed by atoms with Gasteiger partial charge in [0.2, 0.25) is 15.7 Å². The van der Waals surface area contributed by atoms with Crippen molar-refractivity contribution in [2.24, 2.45) is 0 Å². The smallest absolute Gasteiger partial charge is 0.269 e. The summed E-state index contributed by atoms with van der Waals surface area (Å²) < 4.78 is 25.2. The Labute approximate surface area is 181 Å². The monoisotopic (exact) mass is 463 g/mol. The van der Waals surface area contributed by atoms with Gasteiger partial charge in [0.1, 0.15) is 4.21 Å². The molecule has 1 aromatic heterocycles. The first-order chi connectivity index (χ1) is 14.4. The second kappa shape index (κ2) is 9.83. The number of hydrogen-bond acceptors (Lipinski definition) is 8. The first-order valence-electron chi connectivity index (χ1n) is 8.79. The van der Waals surface area contributed by atoms with Crippen LogP contribution >= 0.6 is 23.1 Å². The van der Waals surface area contributed by atoms with Gasteiger partial charge in [-0.1, -0.05) is 29.5 Å². The Hall–Kier alpha value is -2.76. The molecule has 0 bridgehead atoms. The zero-order valence-electron chi connectivity index (χ0n) is 15.6. The number of sulfone groups is 1. The molecule has 1 N–H and O–H groups in total. The summed E-state index contributed by atoms with van der Waals surface area (Å²) in [7, 11) is -3.87. The predicted octanol–water partition coefficient (Wildman–Crippen LogP) is 4.40. The summed E-state index contributed by atoms with van der Waals surface area (Å²) in [6.45, 7) is 0. The average Bonchev–Trinajstić information content (AvgIpc) is 3.21. The van der Waals surface area contributed by atoms with E-state index in [2.05, 4.69) is 10.3 Å². The van der Waals surface area contributed by atoms with Crippen molar-refractivity contribution in [1.29, 1.82) is 0 Å². The van der Waals surface area contributed by atoms with E-state index in [1.807, 2.05) is 30.3 Å². The minimum Gasteiger partial charge on any atom is -0.302 e. The lowest BCUT2D eigenvalue weighted by molar-refractivity contribution is -0.384. The van der Waals surface area contributed by atoms with Crippen LogP contribution in [0.2, 0.25) is 0 Å². The summed E-state index contributed by atoms with van der Waals surface area (Å²) in [5.74, 6) is 0.548. The number of non-ortho nitro benzene ring substituents is 1. The van der Waals surface area contributed by atoms with Gasteiger partial charge in [0.15, 0.2) is 5.13 Å². The van der Waals surface area contributed by atoms with Crippen LogP contribution in [0.3, 0.4) is 0 Å². The molecule has 0 aliphatic heterocycles. The van der Waals surface area contributed by atoms with Gasteiger partial charge in [-0.25, -0.2) is 13.4 Å². The molecule has 1 amide bonds. The number of aromatic nitrogens is 1. The molecule has 0 fully saturated rings. The molecule has 3 aromatic rings. The van der Waals surface area contributed by atoms with Crippen LogP contribution in [0.15, 0.2) is 74.8 Å². The molecular weight excluding hydrogens is 446 g/mol. The van der Waals surface area contributed by atoms with Crippen LogP contribution in [0.25, 0.3) is 0 Å². The third-order valence-electron chi connectivity index (χ3n) is 3.91. The van der Waals surface area contributed by atoms with Crippen molar-refractivity contribution >= 4 is 49.7 Å². The molecule has 3 rings (SSSR count). The lowest BCUT2D eigenvalue weighted by atomic mass is 10.3. The van der Waals surface area contributed by atoms with E-state index in [9.17, 15) is 23.3 Å². The van der Waals surface area contributed by atoms with E-state index in [0.717, 1.165) is 34.1 Å². The van der Waals surface area contributed by atoms with Gasteiger partial charge in [-0.2, -0.15) is 0 Å². The van der Waals surface area contributed by atoms with Crippen molar-refractivity contribution in [3.63, 3.8) is 0 Å². The minimum atomic E-state index is -3.87. The molecule has 0 atom stereocenters. The number of thiazole rings is 1. The molecule has 0 saturated heterocycles. The van der Waals surface area contributed by atoms with Crippen LogP contribution < -0.4 is 5.32 Å². The summed E-state index contributed by atoms with van der Waals surface area (Å²) in [5, 5.41) is 13.5. The second-order valence-electron chi connectivity index (χ2n) is 6.05. The normalized spacial score (nSPS) is 11.2. The third kappa shape index (κ3) is 5.65. The zero-order chi connectivity index (χ0) is 21.6. The third-order valence-corrected chi connectivity index (χ3v) is 8.16. The Morgan fingerprint density at radius 3 is 2.50 bits per heavy atom. The van der Waals surface area contributed by atoms with Crippen molar-refractivity contribution in [3.8, 4) is 0 Å². The average molecular weight is 464 g/mol. The Bertz CT molecular complexity index is 1130. The molecule has 0 aliphatic rings. The molecule has 156 valence electrons. The summed E-state index contributed by atoms with van der Waals surface area (Å²) >= 11 is 2.50. The maximum atomic E-state index is 12.6. The van der Waals surface area contributed by atoms with Crippen molar-refractivity contribution in [1.82, 2.24) is 4.98 Å². The molecule has 0 saturated carbocycles. The molecule has 2 aromatic carbocycles. The molecule has 0 aliphatic carbocycles. The molecule has 0 spiro atoms. The minimum absolute atomic E-state index is 0.0497. The highest BCUT2D eigenvalue weighted by Crippen LogP contribution is 2.29. The Balaban J connectivity index is 1.54. The molecule has 0 unspecified atom stereocenters. The lowest BCUT2D eigenvalue weighted by Gasteiger charge is -2.03. The maximum Gasteiger partial charge on any atom is 0.269 e. The van der Waals surface area contributed by atoms with Gasteiger partial charge >= 0.3 is 0 Å². The molecule has 0 radical (unpaired) electrons. The van der Waals surface area contributed by atoms with E-state index in [-0.39, 0.29) is 25.8 Å². The number of amides is 1. The maximum absolute atomic E-state index is 12.6. The highest BCUT2D eigenvalue weighted by Gasteiger charge is 2.22. The number of hydrogen-bond donors (Lipinski definition) is 1. The summed E-state index contributed by atoms with van der Waals surface area (Å²) in [6.07, 6.45) is 2.14. The van der Waals surface area contributed by atoms with Gasteiger partial charge in [0, 0.05) is 23.4 Å². The highest BCUT2D eigenvalue weighted by molar-refractivity contribution is 7.99. The van der Waals surface area contributed by atoms with E-state index >= 15 is 0 Å². The number of anilines is 1. The molecular formula is C19H17N3O5S3. The van der Waals surface area contributed by atoms with Gasteiger partial charge in [-0.15, -0.1) is 11.8 Å². The predicted molar refractivity (Wildman–Crippen MR) is 116 cm³/mol. The van der Waals surface area contributed by atoms with Crippen LogP contribution in [0.1, 0.15) is 12.8 Å². The number of nitro benzene ring substituents is 1. The van der Waals surface area contributed by atoms with Crippen molar-refractivity contribution in [2.75, 3.05) is 11.1 Å². The number of thioether (sulfide) groups is 1. The highest BCUT2D eigenvalue weighted by atomic mass is 32.2. The van der Waals surface area contributed by atoms with Crippen LogP contribution in [-0.2, 0) is 14.6 Å². The van der Waals surface area contributed by atoms with E-state index in [1.165, 1.54) is 18.3 Å². The van der Waals surface area contributed by atoms with Crippen LogP contribution in [0.5, 0.6) is 0 Å². The fourth-order valence-corrected chi connectivity index (χ4v) is 5.75. The number of rotatable bonds is 9. The molecule has 8 nitrogen and oxygen atoms in total. The quantitative estimate of drug-likeness (QED) is 0.216. The SMILES string of the molecule is O=C(CCCSc1ccccc1)Nc1ncc(S(=O)(=O)c2ccc([N+](=O)[O-])cc2)s1. The van der Waals surface area contributed by atoms with Crippen molar-refractivity contribution < 1.29 is 18.1 Å². The number of carbonyl (C=O) groups is 1.